The maximum atomic E-state index is 13.2. The topological polar surface area (TPSA) is 29.9 Å². The molecule has 0 radical (unpaired) electrons. The lowest BCUT2D eigenvalue weighted by Gasteiger charge is -2.21. The Bertz CT molecular complexity index is 548. The van der Waals surface area contributed by atoms with Crippen LogP contribution < -0.4 is 5.32 Å². The zero-order valence-corrected chi connectivity index (χ0v) is 11.7. The molecule has 0 aliphatic heterocycles. The van der Waals surface area contributed by atoms with E-state index < -0.39 is 0 Å². The molecule has 3 nitrogen and oxygen atoms in total. The number of hydrogen-bond acceptors (Lipinski definition) is 2. The van der Waals surface area contributed by atoms with E-state index in [1.54, 1.807) is 6.07 Å². The van der Waals surface area contributed by atoms with Crippen molar-refractivity contribution in [2.24, 2.45) is 0 Å². The lowest BCUT2D eigenvalue weighted by Crippen LogP contribution is -2.26. The monoisotopic (exact) mass is 261 g/mol. The molecule has 102 valence electrons. The molecule has 1 unspecified atom stereocenters. The summed E-state index contributed by atoms with van der Waals surface area (Å²) >= 11 is 0. The second-order valence-electron chi connectivity index (χ2n) is 4.56. The molecule has 0 spiro atoms. The molecule has 0 bridgehead atoms. The van der Waals surface area contributed by atoms with Gasteiger partial charge in [-0.3, -0.25) is 0 Å². The second kappa shape index (κ2) is 5.97. The smallest absolute Gasteiger partial charge is 0.130 e. The highest BCUT2D eigenvalue weighted by molar-refractivity contribution is 5.33. The van der Waals surface area contributed by atoms with Crippen molar-refractivity contribution in [1.29, 1.82) is 0 Å². The molecular weight excluding hydrogens is 241 g/mol. The Balaban J connectivity index is 2.45. The number of halogens is 1. The van der Waals surface area contributed by atoms with E-state index in [4.69, 9.17) is 0 Å². The maximum absolute atomic E-state index is 13.2. The van der Waals surface area contributed by atoms with Crippen molar-refractivity contribution in [3.05, 3.63) is 53.4 Å². The first-order valence-corrected chi connectivity index (χ1v) is 6.67. The van der Waals surface area contributed by atoms with Crippen molar-refractivity contribution in [1.82, 2.24) is 14.9 Å². The van der Waals surface area contributed by atoms with Crippen LogP contribution in [0.1, 0.15) is 36.8 Å². The summed E-state index contributed by atoms with van der Waals surface area (Å²) in [4.78, 5) is 4.45. The van der Waals surface area contributed by atoms with Gasteiger partial charge in [0.15, 0.2) is 0 Å². The van der Waals surface area contributed by atoms with Gasteiger partial charge < -0.3 is 9.88 Å². The summed E-state index contributed by atoms with van der Waals surface area (Å²) in [6.45, 7) is 7.79. The van der Waals surface area contributed by atoms with Crippen molar-refractivity contribution in [3.63, 3.8) is 0 Å². The van der Waals surface area contributed by atoms with E-state index in [9.17, 15) is 4.39 Å². The van der Waals surface area contributed by atoms with E-state index in [0.29, 0.717) is 0 Å². The fourth-order valence-electron chi connectivity index (χ4n) is 2.36. The highest BCUT2D eigenvalue weighted by atomic mass is 19.1. The average Bonchev–Trinajstić information content (AvgIpc) is 2.85. The minimum Gasteiger partial charge on any atom is -0.334 e. The first-order chi connectivity index (χ1) is 9.17. The van der Waals surface area contributed by atoms with Gasteiger partial charge in [-0.15, -0.1) is 0 Å². The molecule has 0 fully saturated rings. The molecule has 0 aliphatic carbocycles. The van der Waals surface area contributed by atoms with Gasteiger partial charge >= 0.3 is 0 Å². The van der Waals surface area contributed by atoms with Crippen LogP contribution in [0.25, 0.3) is 0 Å². The van der Waals surface area contributed by atoms with Crippen LogP contribution in [0.15, 0.2) is 30.6 Å². The Kier molecular flexibility index (Phi) is 4.32. The number of nitrogens with zero attached hydrogens (tertiary/aromatic N) is 2. The summed E-state index contributed by atoms with van der Waals surface area (Å²) in [6, 6.07) is 4.91. The molecule has 1 heterocycles. The van der Waals surface area contributed by atoms with Gasteiger partial charge in [0.25, 0.3) is 0 Å². The summed E-state index contributed by atoms with van der Waals surface area (Å²) < 4.78 is 15.4. The van der Waals surface area contributed by atoms with E-state index in [1.165, 1.54) is 6.07 Å². The molecule has 4 heteroatoms. The summed E-state index contributed by atoms with van der Waals surface area (Å²) in [5, 5.41) is 3.43. The molecule has 2 aromatic rings. The number of imidazole rings is 1. The molecule has 1 atom stereocenters. The zero-order chi connectivity index (χ0) is 13.8. The lowest BCUT2D eigenvalue weighted by atomic mass is 10.0. The molecule has 0 saturated carbocycles. The number of aromatic nitrogens is 2. The Labute approximate surface area is 113 Å². The summed E-state index contributed by atoms with van der Waals surface area (Å²) in [6.07, 6.45) is 3.78. The Morgan fingerprint density at radius 2 is 2.16 bits per heavy atom. The molecule has 19 heavy (non-hydrogen) atoms. The second-order valence-corrected chi connectivity index (χ2v) is 4.56. The van der Waals surface area contributed by atoms with Crippen molar-refractivity contribution < 1.29 is 4.39 Å². The van der Waals surface area contributed by atoms with Crippen LogP contribution in [0, 0.1) is 12.7 Å². The SMILES string of the molecule is CCNC(c1ccc(F)cc1C)c1nccn1CC. The highest BCUT2D eigenvalue weighted by Gasteiger charge is 2.19. The Hall–Kier alpha value is -1.68. The van der Waals surface area contributed by atoms with Gasteiger partial charge in [0, 0.05) is 18.9 Å². The van der Waals surface area contributed by atoms with Crippen molar-refractivity contribution in [2.45, 2.75) is 33.4 Å². The molecule has 2 rings (SSSR count). The third-order valence-electron chi connectivity index (χ3n) is 3.30. The third-order valence-corrected chi connectivity index (χ3v) is 3.30. The predicted octanol–water partition coefficient (Wildman–Crippen LogP) is 3.05. The summed E-state index contributed by atoms with van der Waals surface area (Å²) in [5.74, 6) is 0.773. The fourth-order valence-corrected chi connectivity index (χ4v) is 2.36. The van der Waals surface area contributed by atoms with Gasteiger partial charge in [-0.2, -0.15) is 0 Å². The third kappa shape index (κ3) is 2.84. The Morgan fingerprint density at radius 3 is 2.79 bits per heavy atom. The van der Waals surface area contributed by atoms with Crippen LogP contribution in [0.3, 0.4) is 0 Å². The quantitative estimate of drug-likeness (QED) is 0.896. The van der Waals surface area contributed by atoms with Crippen LogP contribution >= 0.6 is 0 Å². The van der Waals surface area contributed by atoms with Crippen LogP contribution in [0.4, 0.5) is 4.39 Å². The van der Waals surface area contributed by atoms with E-state index in [2.05, 4.69) is 28.7 Å². The largest absolute Gasteiger partial charge is 0.334 e. The molecular formula is C15H20FN3. The zero-order valence-electron chi connectivity index (χ0n) is 11.7. The van der Waals surface area contributed by atoms with Crippen LogP contribution in [0.2, 0.25) is 0 Å². The van der Waals surface area contributed by atoms with Crippen LogP contribution in [-0.4, -0.2) is 16.1 Å². The molecule has 1 aromatic heterocycles. The van der Waals surface area contributed by atoms with Gasteiger partial charge in [-0.05, 0) is 43.7 Å². The number of hydrogen-bond donors (Lipinski definition) is 1. The fraction of sp³-hybridized carbons (Fsp3) is 0.400. The lowest BCUT2D eigenvalue weighted by molar-refractivity contribution is 0.554. The highest BCUT2D eigenvalue weighted by Crippen LogP contribution is 2.24. The minimum absolute atomic E-state index is 0.000509. The molecule has 1 N–H and O–H groups in total. The van der Waals surface area contributed by atoms with Crippen molar-refractivity contribution in [3.8, 4) is 0 Å². The molecule has 0 aliphatic rings. The van der Waals surface area contributed by atoms with E-state index >= 15 is 0 Å². The standard InChI is InChI=1S/C15H20FN3/c1-4-17-14(15-18-8-9-19(15)5-2)13-7-6-12(16)10-11(13)3/h6-10,14,17H,4-5H2,1-3H3. The number of benzene rings is 1. The van der Waals surface area contributed by atoms with Gasteiger partial charge in [0.1, 0.15) is 11.6 Å². The van der Waals surface area contributed by atoms with Crippen LogP contribution in [-0.2, 0) is 6.54 Å². The summed E-state index contributed by atoms with van der Waals surface area (Å²) in [5.41, 5.74) is 2.01. The van der Waals surface area contributed by atoms with E-state index in [1.807, 2.05) is 25.4 Å². The average molecular weight is 261 g/mol. The minimum atomic E-state index is -0.199. The summed E-state index contributed by atoms with van der Waals surface area (Å²) in [7, 11) is 0. The normalized spacial score (nSPS) is 12.6. The molecule has 1 aromatic carbocycles. The van der Waals surface area contributed by atoms with Crippen molar-refractivity contribution in [2.75, 3.05) is 6.54 Å². The Morgan fingerprint density at radius 1 is 1.37 bits per heavy atom. The van der Waals surface area contributed by atoms with E-state index in [-0.39, 0.29) is 11.9 Å². The van der Waals surface area contributed by atoms with Crippen molar-refractivity contribution >= 4 is 0 Å². The number of rotatable bonds is 5. The number of aryl methyl sites for hydroxylation is 2. The van der Waals surface area contributed by atoms with Crippen LogP contribution in [0.5, 0.6) is 0 Å². The number of nitrogens with one attached hydrogen (secondary N) is 1. The van der Waals surface area contributed by atoms with Gasteiger partial charge in [-0.25, -0.2) is 9.37 Å². The molecule has 0 saturated heterocycles. The van der Waals surface area contributed by atoms with E-state index in [0.717, 1.165) is 30.0 Å². The van der Waals surface area contributed by atoms with Gasteiger partial charge in [0.2, 0.25) is 0 Å². The maximum Gasteiger partial charge on any atom is 0.130 e. The van der Waals surface area contributed by atoms with Gasteiger partial charge in [0.05, 0.1) is 6.04 Å². The molecule has 0 amide bonds. The van der Waals surface area contributed by atoms with Gasteiger partial charge in [-0.1, -0.05) is 13.0 Å². The first-order valence-electron chi connectivity index (χ1n) is 6.67. The first kappa shape index (κ1) is 13.7. The predicted molar refractivity (Wildman–Crippen MR) is 74.6 cm³/mol.